The van der Waals surface area contributed by atoms with Crippen molar-refractivity contribution >= 4 is 23.4 Å². The lowest BCUT2D eigenvalue weighted by atomic mass is 9.72. The highest BCUT2D eigenvalue weighted by Gasteiger charge is 2.49. The maximum absolute atomic E-state index is 13.4. The van der Waals surface area contributed by atoms with Crippen molar-refractivity contribution in [3.8, 4) is 17.0 Å². The fourth-order valence-corrected chi connectivity index (χ4v) is 6.31. The van der Waals surface area contributed by atoms with Gasteiger partial charge >= 0.3 is 12.4 Å². The summed E-state index contributed by atoms with van der Waals surface area (Å²) in [5.74, 6) is -0.919. The van der Waals surface area contributed by atoms with Gasteiger partial charge in [0.15, 0.2) is 11.6 Å². The van der Waals surface area contributed by atoms with Crippen LogP contribution >= 0.6 is 11.6 Å². The molecule has 1 saturated carbocycles. The minimum atomic E-state index is -4.88. The number of halogens is 4. The third-order valence-electron chi connectivity index (χ3n) is 8.11. The number of nitrogen functional groups attached to an aromatic ring is 1. The van der Waals surface area contributed by atoms with Gasteiger partial charge < -0.3 is 20.7 Å². The Morgan fingerprint density at radius 3 is 2.61 bits per heavy atom. The minimum absolute atomic E-state index is 0.114. The number of carbonyl (C=O) groups is 1. The number of hydrogen-bond donors (Lipinski definition) is 2. The highest BCUT2D eigenvalue weighted by molar-refractivity contribution is 6.31. The fraction of sp³-hybridized carbons (Fsp3) is 0.423. The standard InChI is InChI=1S/C26H26ClF3N6O2/c27-18-5-2-1-4-17(18)25(6-3-7-25)33-23(37)35-10-8-24(15-35)9-11-36-21(24)13-19(34-36)16-12-20(22(31)32-14-16)38-26(28,29)30/h1-2,4-5,12-14H,3,6-11,15H2,(H2,31,32)(H,33,37). The van der Waals surface area contributed by atoms with Crippen LogP contribution in [-0.4, -0.2) is 45.1 Å². The number of aryl methyl sites for hydroxylation is 1. The molecule has 1 aliphatic carbocycles. The van der Waals surface area contributed by atoms with Crippen molar-refractivity contribution in [3.63, 3.8) is 0 Å². The lowest BCUT2D eigenvalue weighted by molar-refractivity contribution is -0.274. The molecule has 3 aromatic rings. The van der Waals surface area contributed by atoms with E-state index >= 15 is 0 Å². The van der Waals surface area contributed by atoms with E-state index in [9.17, 15) is 18.0 Å². The largest absolute Gasteiger partial charge is 0.573 e. The van der Waals surface area contributed by atoms with Gasteiger partial charge in [-0.05, 0) is 55.9 Å². The second kappa shape index (κ2) is 8.79. The van der Waals surface area contributed by atoms with Crippen LogP contribution < -0.4 is 15.8 Å². The Kier molecular flexibility index (Phi) is 5.75. The van der Waals surface area contributed by atoms with Crippen molar-refractivity contribution < 1.29 is 22.7 Å². The molecule has 38 heavy (non-hydrogen) atoms. The maximum atomic E-state index is 13.4. The minimum Gasteiger partial charge on any atom is -0.402 e. The van der Waals surface area contributed by atoms with Crippen molar-refractivity contribution in [1.29, 1.82) is 0 Å². The average molecular weight is 547 g/mol. The molecule has 2 fully saturated rings. The van der Waals surface area contributed by atoms with Crippen molar-refractivity contribution in [2.45, 2.75) is 56.0 Å². The van der Waals surface area contributed by atoms with E-state index in [0.717, 1.165) is 43.4 Å². The normalized spacial score (nSPS) is 21.8. The average Bonchev–Trinajstić information content (AvgIpc) is 3.54. The molecule has 6 rings (SSSR count). The zero-order valence-corrected chi connectivity index (χ0v) is 21.1. The molecule has 12 heteroatoms. The van der Waals surface area contributed by atoms with Crippen LogP contribution in [0.1, 0.15) is 43.4 Å². The summed E-state index contributed by atoms with van der Waals surface area (Å²) in [6, 6.07) is 10.6. The molecule has 1 saturated heterocycles. The van der Waals surface area contributed by atoms with Gasteiger partial charge in [-0.2, -0.15) is 5.10 Å². The Labute approximate surface area is 221 Å². The molecule has 4 heterocycles. The molecule has 0 bridgehead atoms. The van der Waals surface area contributed by atoms with Crippen LogP contribution in [0.15, 0.2) is 42.6 Å². The number of amides is 2. The quantitative estimate of drug-likeness (QED) is 0.468. The van der Waals surface area contributed by atoms with Crippen molar-refractivity contribution in [2.24, 2.45) is 0 Å². The predicted molar refractivity (Wildman–Crippen MR) is 135 cm³/mol. The number of fused-ring (bicyclic) bond motifs is 2. The Bertz CT molecular complexity index is 1410. The van der Waals surface area contributed by atoms with Gasteiger partial charge in [0, 0.05) is 47.5 Å². The number of aromatic nitrogens is 3. The molecule has 1 atom stereocenters. The number of alkyl halides is 3. The highest BCUT2D eigenvalue weighted by atomic mass is 35.5. The van der Waals surface area contributed by atoms with Gasteiger partial charge in [0.25, 0.3) is 0 Å². The number of hydrogen-bond acceptors (Lipinski definition) is 5. The summed E-state index contributed by atoms with van der Waals surface area (Å²) in [6.45, 7) is 1.78. The molecule has 8 nitrogen and oxygen atoms in total. The van der Waals surface area contributed by atoms with E-state index in [0.29, 0.717) is 35.9 Å². The smallest absolute Gasteiger partial charge is 0.402 e. The van der Waals surface area contributed by atoms with E-state index in [1.165, 1.54) is 12.3 Å². The molecule has 2 amide bonds. The Balaban J connectivity index is 1.21. The number of urea groups is 1. The number of nitrogens with two attached hydrogens (primary N) is 1. The van der Waals surface area contributed by atoms with Gasteiger partial charge in [-0.25, -0.2) is 9.78 Å². The third kappa shape index (κ3) is 4.22. The van der Waals surface area contributed by atoms with E-state index in [-0.39, 0.29) is 17.3 Å². The van der Waals surface area contributed by atoms with Gasteiger partial charge in [0.2, 0.25) is 0 Å². The number of benzene rings is 1. The number of anilines is 1. The lowest BCUT2D eigenvalue weighted by Gasteiger charge is -2.44. The number of nitrogens with one attached hydrogen (secondary N) is 1. The van der Waals surface area contributed by atoms with E-state index in [1.807, 2.05) is 39.9 Å². The summed E-state index contributed by atoms with van der Waals surface area (Å²) in [5, 5.41) is 8.54. The summed E-state index contributed by atoms with van der Waals surface area (Å²) in [7, 11) is 0. The third-order valence-corrected chi connectivity index (χ3v) is 8.44. The van der Waals surface area contributed by atoms with Crippen molar-refractivity contribution in [1.82, 2.24) is 25.0 Å². The van der Waals surface area contributed by atoms with Crippen LogP contribution in [0.25, 0.3) is 11.3 Å². The van der Waals surface area contributed by atoms with E-state index in [1.54, 1.807) is 0 Å². The zero-order valence-electron chi connectivity index (χ0n) is 20.4. The Morgan fingerprint density at radius 2 is 1.89 bits per heavy atom. The second-order valence-corrected chi connectivity index (χ2v) is 10.7. The first-order valence-corrected chi connectivity index (χ1v) is 12.9. The predicted octanol–water partition coefficient (Wildman–Crippen LogP) is 5.22. The van der Waals surface area contributed by atoms with Gasteiger partial charge in [-0.15, -0.1) is 13.2 Å². The highest BCUT2D eigenvalue weighted by Crippen LogP contribution is 2.46. The van der Waals surface area contributed by atoms with Crippen molar-refractivity contribution in [3.05, 3.63) is 58.9 Å². The second-order valence-electron chi connectivity index (χ2n) is 10.3. The number of ether oxygens (including phenoxy) is 1. The maximum Gasteiger partial charge on any atom is 0.573 e. The summed E-state index contributed by atoms with van der Waals surface area (Å²) in [6.07, 6.45) is 0.800. The monoisotopic (exact) mass is 546 g/mol. The molecule has 1 aromatic carbocycles. The molecule has 2 aliphatic heterocycles. The first kappa shape index (κ1) is 24.8. The molecule has 0 radical (unpaired) electrons. The lowest BCUT2D eigenvalue weighted by Crippen LogP contribution is -2.55. The first-order chi connectivity index (χ1) is 18.1. The summed E-state index contributed by atoms with van der Waals surface area (Å²) < 4.78 is 44.2. The summed E-state index contributed by atoms with van der Waals surface area (Å²) >= 11 is 6.47. The van der Waals surface area contributed by atoms with Gasteiger partial charge in [-0.3, -0.25) is 4.68 Å². The van der Waals surface area contributed by atoms with Crippen LogP contribution in [0.5, 0.6) is 5.75 Å². The Hall–Kier alpha value is -3.47. The number of rotatable bonds is 4. The SMILES string of the molecule is Nc1ncc(-c2cc3n(n2)CCC32CCN(C(=O)NC3(c4ccccc4Cl)CCC3)C2)cc1OC(F)(F)F. The number of nitrogens with zero attached hydrogens (tertiary/aromatic N) is 4. The van der Waals surface area contributed by atoms with E-state index in [4.69, 9.17) is 17.3 Å². The van der Waals surface area contributed by atoms with Crippen LogP contribution in [0, 0.1) is 0 Å². The van der Waals surface area contributed by atoms with Crippen LogP contribution in [0.4, 0.5) is 23.8 Å². The molecule has 3 aliphatic rings. The summed E-state index contributed by atoms with van der Waals surface area (Å²) in [5.41, 5.74) is 7.61. The molecular weight excluding hydrogens is 521 g/mol. The fourth-order valence-electron chi connectivity index (χ4n) is 5.99. The number of likely N-dealkylation sites (tertiary alicyclic amines) is 1. The van der Waals surface area contributed by atoms with Gasteiger partial charge in [-0.1, -0.05) is 29.8 Å². The summed E-state index contributed by atoms with van der Waals surface area (Å²) in [4.78, 5) is 19.1. The molecule has 1 spiro atoms. The van der Waals surface area contributed by atoms with E-state index < -0.39 is 17.7 Å². The molecule has 2 aromatic heterocycles. The van der Waals surface area contributed by atoms with Gasteiger partial charge in [0.1, 0.15) is 0 Å². The number of pyridine rings is 1. The van der Waals surface area contributed by atoms with E-state index in [2.05, 4.69) is 20.1 Å². The Morgan fingerprint density at radius 1 is 1.13 bits per heavy atom. The molecular formula is C26H26ClF3N6O2. The molecule has 3 N–H and O–H groups in total. The molecule has 1 unspecified atom stereocenters. The number of carbonyl (C=O) groups excluding carboxylic acids is 1. The molecule has 200 valence electrons. The van der Waals surface area contributed by atoms with Crippen LogP contribution in [0.2, 0.25) is 5.02 Å². The van der Waals surface area contributed by atoms with Crippen LogP contribution in [-0.2, 0) is 17.5 Å². The van der Waals surface area contributed by atoms with Gasteiger partial charge in [0.05, 0.1) is 11.2 Å². The van der Waals surface area contributed by atoms with Crippen LogP contribution in [0.3, 0.4) is 0 Å². The first-order valence-electron chi connectivity index (χ1n) is 12.5. The topological polar surface area (TPSA) is 98.3 Å². The zero-order chi connectivity index (χ0) is 26.7. The van der Waals surface area contributed by atoms with Crippen molar-refractivity contribution in [2.75, 3.05) is 18.8 Å².